The van der Waals surface area contributed by atoms with Crippen LogP contribution in [0.1, 0.15) is 79.8 Å². The van der Waals surface area contributed by atoms with Crippen LogP contribution in [0.4, 0.5) is 4.79 Å². The van der Waals surface area contributed by atoms with Crippen LogP contribution in [0.5, 0.6) is 0 Å². The largest absolute Gasteiger partial charge is 0.453 e. The average molecular weight is 787 g/mol. The van der Waals surface area contributed by atoms with Crippen LogP contribution < -0.4 is 10.6 Å². The number of nitrogens with one attached hydrogen (secondary N) is 4. The summed E-state index contributed by atoms with van der Waals surface area (Å²) in [4.78, 5) is 59.3. The lowest BCUT2D eigenvalue weighted by atomic mass is 10.0. The number of amides is 3. The van der Waals surface area contributed by atoms with Crippen LogP contribution in [0.25, 0.3) is 33.6 Å². The second-order valence-electron chi connectivity index (χ2n) is 15.4. The number of likely N-dealkylation sites (tertiary alicyclic amines) is 1. The minimum absolute atomic E-state index is 0.0680. The highest BCUT2D eigenvalue weighted by Crippen LogP contribution is 2.33. The normalized spacial score (nSPS) is 19.3. The number of alkyl carbamates (subject to hydrolysis) is 1. The minimum atomic E-state index is -0.698. The highest BCUT2D eigenvalue weighted by Gasteiger charge is 2.32. The maximum atomic E-state index is 13.6. The highest BCUT2D eigenvalue weighted by atomic mass is 16.5. The first kappa shape index (κ1) is 40.4. The van der Waals surface area contributed by atoms with Gasteiger partial charge in [-0.15, -0.1) is 0 Å². The molecule has 58 heavy (non-hydrogen) atoms. The van der Waals surface area contributed by atoms with Crippen LogP contribution in [-0.4, -0.2) is 94.6 Å². The van der Waals surface area contributed by atoms with Crippen molar-refractivity contribution >= 4 is 17.9 Å². The summed E-state index contributed by atoms with van der Waals surface area (Å²) in [7, 11) is 5.38. The molecule has 0 unspecified atom stereocenters. The molecule has 0 radical (unpaired) electrons. The maximum Gasteiger partial charge on any atom is 0.407 e. The van der Waals surface area contributed by atoms with Crippen molar-refractivity contribution in [2.24, 2.45) is 0 Å². The highest BCUT2D eigenvalue weighted by molar-refractivity contribution is 5.86. The third kappa shape index (κ3) is 10.0. The van der Waals surface area contributed by atoms with Crippen LogP contribution in [0, 0.1) is 0 Å². The molecule has 2 saturated heterocycles. The molecule has 5 aromatic rings. The number of hydrogen-bond acceptors (Lipinski definition) is 8. The Balaban J connectivity index is 0.988. The number of benzene rings is 3. The number of carbonyl (C=O) groups is 3. The third-order valence-corrected chi connectivity index (χ3v) is 11.0. The van der Waals surface area contributed by atoms with Crippen LogP contribution in [0.2, 0.25) is 0 Å². The summed E-state index contributed by atoms with van der Waals surface area (Å²) >= 11 is 0. The van der Waals surface area contributed by atoms with Gasteiger partial charge in [0.2, 0.25) is 11.8 Å². The van der Waals surface area contributed by atoms with E-state index in [0.717, 1.165) is 90.2 Å². The molecule has 0 saturated carbocycles. The molecule has 7 rings (SSSR count). The minimum Gasteiger partial charge on any atom is -0.453 e. The lowest BCUT2D eigenvalue weighted by Crippen LogP contribution is -2.48. The number of aromatic amines is 2. The summed E-state index contributed by atoms with van der Waals surface area (Å²) < 4.78 is 10.6. The number of hydrogen-bond donors (Lipinski definition) is 4. The molecule has 2 aliphatic rings. The molecule has 3 atom stereocenters. The number of methoxy groups -OCH3 is 1. The van der Waals surface area contributed by atoms with Crippen LogP contribution in [0.3, 0.4) is 0 Å². The number of H-pyrrole nitrogens is 2. The van der Waals surface area contributed by atoms with Crippen molar-refractivity contribution < 1.29 is 23.9 Å². The molecule has 4 N–H and O–H groups in total. The molecule has 13 nitrogen and oxygen atoms in total. The number of ether oxygens (including phenoxy) is 2. The smallest absolute Gasteiger partial charge is 0.407 e. The Morgan fingerprint density at radius 2 is 1.43 bits per heavy atom. The second kappa shape index (κ2) is 19.1. The molecular weight excluding hydrogens is 733 g/mol. The topological polar surface area (TPSA) is 158 Å². The lowest BCUT2D eigenvalue weighted by molar-refractivity contribution is -0.131. The SMILES string of the molecule is COC(=O)N[C@H]1CCCCCOCC[C@@H](c2ncc(-c3ccc(-c4ccc(-c5cnc([C@@H]6CCCN6C(=O)Cc6ccccc6CN(C)C)[nH]5)cc4)cc3)[nH]2)NC1=O. The molecule has 0 aliphatic carbocycles. The van der Waals surface area contributed by atoms with Gasteiger partial charge in [-0.2, -0.15) is 0 Å². The van der Waals surface area contributed by atoms with E-state index in [9.17, 15) is 14.4 Å². The van der Waals surface area contributed by atoms with Crippen molar-refractivity contribution in [3.8, 4) is 33.6 Å². The number of carbonyl (C=O) groups excluding carboxylic acids is 3. The van der Waals surface area contributed by atoms with Gasteiger partial charge in [0.1, 0.15) is 17.7 Å². The van der Waals surface area contributed by atoms with Gasteiger partial charge >= 0.3 is 6.09 Å². The zero-order valence-electron chi connectivity index (χ0n) is 33.6. The molecule has 3 aromatic carbocycles. The molecular formula is C45H54N8O5. The molecule has 304 valence electrons. The van der Waals surface area contributed by atoms with Crippen molar-refractivity contribution in [1.82, 2.24) is 40.4 Å². The number of rotatable bonds is 10. The van der Waals surface area contributed by atoms with E-state index in [1.165, 1.54) is 12.7 Å². The molecule has 2 fully saturated rings. The van der Waals surface area contributed by atoms with Crippen LogP contribution >= 0.6 is 0 Å². The van der Waals surface area contributed by atoms with Crippen molar-refractivity contribution in [1.29, 1.82) is 0 Å². The van der Waals surface area contributed by atoms with Crippen LogP contribution in [-0.2, 0) is 32.0 Å². The van der Waals surface area contributed by atoms with Gasteiger partial charge in [-0.05, 0) is 79.6 Å². The molecule has 4 heterocycles. The van der Waals surface area contributed by atoms with Crippen molar-refractivity contribution in [3.05, 3.63) is 108 Å². The lowest BCUT2D eigenvalue weighted by Gasteiger charge is -2.24. The van der Waals surface area contributed by atoms with Crippen molar-refractivity contribution in [2.75, 3.05) is 41.0 Å². The Hall–Kier alpha value is -5.79. The fourth-order valence-corrected chi connectivity index (χ4v) is 7.89. The van der Waals surface area contributed by atoms with Gasteiger partial charge in [0.15, 0.2) is 0 Å². The summed E-state index contributed by atoms with van der Waals surface area (Å²) in [6.45, 7) is 2.65. The van der Waals surface area contributed by atoms with E-state index in [4.69, 9.17) is 14.5 Å². The summed E-state index contributed by atoms with van der Waals surface area (Å²) in [6.07, 6.45) is 8.85. The van der Waals surface area contributed by atoms with Gasteiger partial charge in [-0.3, -0.25) is 9.59 Å². The molecule has 2 aliphatic heterocycles. The van der Waals surface area contributed by atoms with E-state index in [-0.39, 0.29) is 17.9 Å². The van der Waals surface area contributed by atoms with Crippen molar-refractivity contribution in [2.45, 2.75) is 76.0 Å². The van der Waals surface area contributed by atoms with E-state index in [0.29, 0.717) is 38.3 Å². The van der Waals surface area contributed by atoms with Gasteiger partial charge in [0.05, 0.1) is 49.4 Å². The summed E-state index contributed by atoms with van der Waals surface area (Å²) in [5.74, 6) is 1.30. The maximum absolute atomic E-state index is 13.6. The monoisotopic (exact) mass is 786 g/mol. The van der Waals surface area contributed by atoms with E-state index in [2.05, 4.69) is 91.1 Å². The second-order valence-corrected chi connectivity index (χ2v) is 15.4. The Morgan fingerprint density at radius 1 is 0.793 bits per heavy atom. The van der Waals surface area contributed by atoms with Gasteiger partial charge in [-0.25, -0.2) is 14.8 Å². The predicted molar refractivity (Wildman–Crippen MR) is 222 cm³/mol. The van der Waals surface area contributed by atoms with E-state index in [1.54, 1.807) is 6.20 Å². The standard InChI is InChI=1S/C45H54N8O5/c1-52(2)29-35-11-7-6-10-34(35)26-41(54)53-23-9-13-40(53)43-47-28-39(49-43)33-20-16-31(17-21-33)30-14-18-32(19-15-30)38-27-46-42(48-38)36-22-25-58-24-8-4-5-12-37(44(55)50-36)51-45(56)57-3/h6-7,10-11,14-21,27-28,36-37,40H,4-5,8-9,12-13,22-26,29H2,1-3H3,(H,46,48)(H,47,49)(H,50,55)(H,51,56)/t36-,37-,40-/m0/s1. The molecule has 13 heteroatoms. The molecule has 0 bridgehead atoms. The van der Waals surface area contributed by atoms with E-state index < -0.39 is 18.2 Å². The predicted octanol–water partition coefficient (Wildman–Crippen LogP) is 6.96. The van der Waals surface area contributed by atoms with Gasteiger partial charge < -0.3 is 39.9 Å². The van der Waals surface area contributed by atoms with E-state index in [1.807, 2.05) is 37.3 Å². The summed E-state index contributed by atoms with van der Waals surface area (Å²) in [5.41, 5.74) is 8.13. The quantitative estimate of drug-likeness (QED) is 0.118. The van der Waals surface area contributed by atoms with Gasteiger partial charge in [0.25, 0.3) is 0 Å². The Morgan fingerprint density at radius 3 is 2.10 bits per heavy atom. The first-order chi connectivity index (χ1) is 28.2. The first-order valence-electron chi connectivity index (χ1n) is 20.3. The zero-order chi connectivity index (χ0) is 40.4. The Bertz CT molecular complexity index is 2140. The summed E-state index contributed by atoms with van der Waals surface area (Å²) in [6, 6.07) is 23.7. The molecule has 0 spiro atoms. The first-order valence-corrected chi connectivity index (χ1v) is 20.3. The third-order valence-electron chi connectivity index (χ3n) is 11.0. The zero-order valence-corrected chi connectivity index (χ0v) is 33.6. The Kier molecular flexibility index (Phi) is 13.3. The van der Waals surface area contributed by atoms with Gasteiger partial charge in [0, 0.05) is 26.3 Å². The Labute approximate surface area is 340 Å². The summed E-state index contributed by atoms with van der Waals surface area (Å²) in [5, 5.41) is 5.75. The average Bonchev–Trinajstić information content (AvgIpc) is 4.03. The van der Waals surface area contributed by atoms with Crippen molar-refractivity contribution in [3.63, 3.8) is 0 Å². The van der Waals surface area contributed by atoms with Crippen LogP contribution in [0.15, 0.2) is 85.2 Å². The van der Waals surface area contributed by atoms with Gasteiger partial charge in [-0.1, -0.05) is 85.6 Å². The van der Waals surface area contributed by atoms with E-state index >= 15 is 0 Å². The number of aromatic nitrogens is 4. The number of imidazole rings is 2. The fraction of sp³-hybridized carbons (Fsp3) is 0.400. The molecule has 3 amide bonds. The molecule has 2 aromatic heterocycles. The number of nitrogens with zero attached hydrogens (tertiary/aromatic N) is 4. The fourth-order valence-electron chi connectivity index (χ4n) is 7.89.